The first-order chi connectivity index (χ1) is 7.80. The quantitative estimate of drug-likeness (QED) is 0.783. The molecule has 0 fully saturated rings. The summed E-state index contributed by atoms with van der Waals surface area (Å²) in [5.41, 5.74) is -0.736. The zero-order valence-corrected chi connectivity index (χ0v) is 9.73. The number of ether oxygens (including phenoxy) is 1. The van der Waals surface area contributed by atoms with E-state index >= 15 is 0 Å². The largest absolute Gasteiger partial charge is 0.466 e. The summed E-state index contributed by atoms with van der Waals surface area (Å²) in [5, 5.41) is 0.218. The number of hydrogen-bond donors (Lipinski definition) is 0. The number of hydrogen-bond acceptors (Lipinski definition) is 2. The number of rotatable bonds is 3. The van der Waals surface area contributed by atoms with Gasteiger partial charge in [-0.05, 0) is 23.8 Å². The van der Waals surface area contributed by atoms with Gasteiger partial charge in [0, 0.05) is 18.4 Å². The maximum absolute atomic E-state index is 12.6. The molecule has 0 bridgehead atoms. The fourth-order valence-corrected chi connectivity index (χ4v) is 1.55. The fraction of sp³-hybridized carbons (Fsp3) is 0.364. The lowest BCUT2D eigenvalue weighted by Gasteiger charge is -2.13. The van der Waals surface area contributed by atoms with Crippen LogP contribution in [0.3, 0.4) is 0 Å². The molecule has 94 valence electrons. The molecule has 0 aliphatic rings. The Kier molecular flexibility index (Phi) is 4.40. The minimum absolute atomic E-state index is 0.0189. The Morgan fingerprint density at radius 3 is 2.59 bits per heavy atom. The monoisotopic (exact) mass is 266 g/mol. The van der Waals surface area contributed by atoms with Crippen LogP contribution in [0.2, 0.25) is 5.02 Å². The molecule has 0 saturated carbocycles. The first-order valence-corrected chi connectivity index (χ1v) is 5.17. The van der Waals surface area contributed by atoms with E-state index in [0.717, 1.165) is 6.07 Å². The second-order valence-corrected chi connectivity index (χ2v) is 3.83. The average molecular weight is 267 g/mol. The van der Waals surface area contributed by atoms with Crippen molar-refractivity contribution in [3.63, 3.8) is 0 Å². The molecule has 0 saturated heterocycles. The van der Waals surface area contributed by atoms with Crippen LogP contribution in [0.5, 0.6) is 0 Å². The number of halogens is 4. The minimum Gasteiger partial charge on any atom is -0.466 e. The Hall–Kier alpha value is -1.23. The van der Waals surface area contributed by atoms with Crippen LogP contribution in [0.15, 0.2) is 18.2 Å². The molecule has 0 aromatic heterocycles. The molecule has 0 atom stereocenters. The van der Waals surface area contributed by atoms with Gasteiger partial charge in [-0.25, -0.2) is 0 Å². The normalized spacial score (nSPS) is 11.4. The van der Waals surface area contributed by atoms with Crippen molar-refractivity contribution in [3.05, 3.63) is 34.3 Å². The smallest absolute Gasteiger partial charge is 0.416 e. The predicted octanol–water partition coefficient (Wildman–Crippen LogP) is 3.46. The van der Waals surface area contributed by atoms with Crippen molar-refractivity contribution in [3.8, 4) is 0 Å². The van der Waals surface area contributed by atoms with Crippen LogP contribution in [-0.2, 0) is 22.1 Å². The Bertz CT molecular complexity index is 416. The molecule has 1 rings (SSSR count). The van der Waals surface area contributed by atoms with E-state index in [1.807, 2.05) is 0 Å². The van der Waals surface area contributed by atoms with E-state index in [1.54, 1.807) is 0 Å². The average Bonchev–Trinajstić information content (AvgIpc) is 2.15. The van der Waals surface area contributed by atoms with Crippen LogP contribution in [0.4, 0.5) is 13.2 Å². The van der Waals surface area contributed by atoms with Gasteiger partial charge < -0.3 is 4.74 Å². The van der Waals surface area contributed by atoms with Crippen molar-refractivity contribution >= 4 is 17.6 Å². The molecule has 0 radical (unpaired) electrons. The first kappa shape index (κ1) is 13.8. The summed E-state index contributed by atoms with van der Waals surface area (Å²) in [6.07, 6.45) is -4.45. The number of carbonyl (C=O) groups excluding carboxylic acids is 1. The summed E-state index contributed by atoms with van der Waals surface area (Å²) >= 11 is 5.63. The molecular formula is C11H10ClF3O2. The molecule has 1 aromatic carbocycles. The summed E-state index contributed by atoms with van der Waals surface area (Å²) < 4.78 is 42.4. The number of alkyl halides is 3. The Labute approximate surface area is 101 Å². The molecule has 0 spiro atoms. The third-order valence-electron chi connectivity index (χ3n) is 2.05. The number of benzene rings is 1. The lowest BCUT2D eigenvalue weighted by molar-refractivity contribution is -0.141. The zero-order valence-electron chi connectivity index (χ0n) is 8.97. The number of carbonyl (C=O) groups is 1. The molecule has 0 N–H and O–H groups in total. The van der Waals surface area contributed by atoms with Gasteiger partial charge in [0.1, 0.15) is 0 Å². The van der Waals surface area contributed by atoms with Crippen molar-refractivity contribution in [2.75, 3.05) is 6.61 Å². The van der Waals surface area contributed by atoms with Crippen molar-refractivity contribution < 1.29 is 22.7 Å². The number of esters is 1. The van der Waals surface area contributed by atoms with Gasteiger partial charge in [-0.15, -0.1) is 0 Å². The van der Waals surface area contributed by atoms with Gasteiger partial charge in [0.05, 0.1) is 12.2 Å². The van der Waals surface area contributed by atoms with Crippen LogP contribution in [0.1, 0.15) is 18.1 Å². The summed E-state index contributed by atoms with van der Waals surface area (Å²) in [4.78, 5) is 10.5. The highest BCUT2D eigenvalue weighted by atomic mass is 35.5. The molecule has 0 heterocycles. The van der Waals surface area contributed by atoms with Gasteiger partial charge >= 0.3 is 12.1 Å². The van der Waals surface area contributed by atoms with Crippen LogP contribution in [-0.4, -0.2) is 12.6 Å². The molecule has 6 heteroatoms. The van der Waals surface area contributed by atoms with E-state index in [1.165, 1.54) is 19.1 Å². The third-order valence-corrected chi connectivity index (χ3v) is 2.28. The van der Waals surface area contributed by atoms with Gasteiger partial charge in [0.2, 0.25) is 0 Å². The van der Waals surface area contributed by atoms with Crippen molar-refractivity contribution in [1.82, 2.24) is 0 Å². The lowest BCUT2D eigenvalue weighted by atomic mass is 10.0. The summed E-state index contributed by atoms with van der Waals surface area (Å²) in [6, 6.07) is 3.33. The molecule has 0 aliphatic carbocycles. The second-order valence-electron chi connectivity index (χ2n) is 3.39. The van der Waals surface area contributed by atoms with Crippen molar-refractivity contribution in [2.24, 2.45) is 0 Å². The van der Waals surface area contributed by atoms with E-state index < -0.39 is 17.7 Å². The highest BCUT2D eigenvalue weighted by Gasteiger charge is 2.33. The van der Waals surface area contributed by atoms with Crippen LogP contribution in [0.25, 0.3) is 0 Å². The minimum atomic E-state index is -4.43. The van der Waals surface area contributed by atoms with Gasteiger partial charge in [0.15, 0.2) is 0 Å². The van der Waals surface area contributed by atoms with Gasteiger partial charge in [-0.1, -0.05) is 11.6 Å². The van der Waals surface area contributed by atoms with E-state index in [4.69, 9.17) is 11.6 Å². The first-order valence-electron chi connectivity index (χ1n) is 4.79. The standard InChI is InChI=1S/C11H10ClF3O2/c1-7(16)17-5-4-8-6-9(12)2-3-10(8)11(13,14)15/h2-3,6H,4-5H2,1H3. The molecule has 2 nitrogen and oxygen atoms in total. The Morgan fingerprint density at radius 1 is 1.41 bits per heavy atom. The summed E-state index contributed by atoms with van der Waals surface area (Å²) in [7, 11) is 0. The van der Waals surface area contributed by atoms with Crippen LogP contribution < -0.4 is 0 Å². The topological polar surface area (TPSA) is 26.3 Å². The lowest BCUT2D eigenvalue weighted by Crippen LogP contribution is -2.11. The van der Waals surface area contributed by atoms with E-state index in [2.05, 4.69) is 4.74 Å². The van der Waals surface area contributed by atoms with Gasteiger partial charge in [0.25, 0.3) is 0 Å². The molecule has 17 heavy (non-hydrogen) atoms. The molecule has 0 amide bonds. The van der Waals surface area contributed by atoms with Gasteiger partial charge in [-0.3, -0.25) is 4.79 Å². The fourth-order valence-electron chi connectivity index (χ4n) is 1.35. The SMILES string of the molecule is CC(=O)OCCc1cc(Cl)ccc1C(F)(F)F. The molecule has 0 unspecified atom stereocenters. The van der Waals surface area contributed by atoms with Crippen LogP contribution >= 0.6 is 11.6 Å². The molecular weight excluding hydrogens is 257 g/mol. The van der Waals surface area contributed by atoms with E-state index in [0.29, 0.717) is 0 Å². The maximum Gasteiger partial charge on any atom is 0.416 e. The van der Waals surface area contributed by atoms with Crippen molar-refractivity contribution in [1.29, 1.82) is 0 Å². The molecule has 1 aromatic rings. The predicted molar refractivity (Wildman–Crippen MR) is 56.8 cm³/mol. The maximum atomic E-state index is 12.6. The molecule has 0 aliphatic heterocycles. The highest BCUT2D eigenvalue weighted by molar-refractivity contribution is 6.30. The summed E-state index contributed by atoms with van der Waals surface area (Å²) in [6.45, 7) is 1.10. The summed E-state index contributed by atoms with van der Waals surface area (Å²) in [5.74, 6) is -0.527. The van der Waals surface area contributed by atoms with E-state index in [9.17, 15) is 18.0 Å². The van der Waals surface area contributed by atoms with Crippen LogP contribution in [0, 0.1) is 0 Å². The van der Waals surface area contributed by atoms with Crippen molar-refractivity contribution in [2.45, 2.75) is 19.5 Å². The highest BCUT2D eigenvalue weighted by Crippen LogP contribution is 2.33. The van der Waals surface area contributed by atoms with Gasteiger partial charge in [-0.2, -0.15) is 13.2 Å². The van der Waals surface area contributed by atoms with E-state index in [-0.39, 0.29) is 23.6 Å². The second kappa shape index (κ2) is 5.40. The Balaban J connectivity index is 2.88. The Morgan fingerprint density at radius 2 is 2.06 bits per heavy atom. The third kappa shape index (κ3) is 4.26. The zero-order chi connectivity index (χ0) is 13.1.